The topological polar surface area (TPSA) is 136 Å². The molecule has 0 atom stereocenters. The summed E-state index contributed by atoms with van der Waals surface area (Å²) in [6.45, 7) is 45.1. The molecule has 0 aliphatic heterocycles. The van der Waals surface area contributed by atoms with E-state index < -0.39 is 15.6 Å². The van der Waals surface area contributed by atoms with E-state index in [0.29, 0.717) is 0 Å². The van der Waals surface area contributed by atoms with Gasteiger partial charge in [0.05, 0.1) is 94.2 Å². The van der Waals surface area contributed by atoms with Crippen LogP contribution in [0.5, 0.6) is 0 Å². The fourth-order valence-electron chi connectivity index (χ4n) is 8.06. The van der Waals surface area contributed by atoms with Gasteiger partial charge in [0.15, 0.2) is 0 Å². The van der Waals surface area contributed by atoms with Gasteiger partial charge in [-0.3, -0.25) is 0 Å². The van der Waals surface area contributed by atoms with Crippen LogP contribution < -0.4 is 19.6 Å². The molecule has 10 nitrogen and oxygen atoms in total. The Balaban J connectivity index is -0.000000170. The molecule has 0 radical (unpaired) electrons. The van der Waals surface area contributed by atoms with Crippen LogP contribution in [0.25, 0.3) is 0 Å². The van der Waals surface area contributed by atoms with E-state index in [2.05, 4.69) is 87.4 Å². The Morgan fingerprint density at radius 2 is 0.393 bits per heavy atom. The minimum absolute atomic E-state index is 0. The second-order valence-corrected chi connectivity index (χ2v) is 20.4. The Bertz CT molecular complexity index is 754. The number of rotatable bonds is 38. The van der Waals surface area contributed by atoms with E-state index in [1.807, 2.05) is 0 Å². The van der Waals surface area contributed by atoms with Crippen molar-refractivity contribution in [2.24, 2.45) is 0 Å². The third kappa shape index (κ3) is 46.5. The summed E-state index contributed by atoms with van der Waals surface area (Å²) in [4.78, 5) is 37.3. The summed E-state index contributed by atoms with van der Waals surface area (Å²) in [6.07, 6.45) is 33.2. The van der Waals surface area contributed by atoms with Gasteiger partial charge in [0.2, 0.25) is 0 Å². The van der Waals surface area contributed by atoms with Gasteiger partial charge in [-0.1, -0.05) is 168 Å². The van der Waals surface area contributed by atoms with Gasteiger partial charge in [0, 0.05) is 0 Å². The molecule has 0 fully saturated rings. The van der Waals surface area contributed by atoms with Crippen LogP contribution in [0.3, 0.4) is 0 Å². The van der Waals surface area contributed by atoms with Crippen molar-refractivity contribution in [3.8, 4) is 0 Å². The molecule has 0 N–H and O–H groups in total. The quantitative estimate of drug-likeness (QED) is 0.0444. The molecule has 0 bridgehead atoms. The first kappa shape index (κ1) is 70.2. The molecule has 12 heteroatoms. The largest absolute Gasteiger partial charge is 1.00 e. The van der Waals surface area contributed by atoms with E-state index >= 15 is 0 Å². The first-order valence-electron chi connectivity index (χ1n) is 25.7. The van der Waals surface area contributed by atoms with Gasteiger partial charge >= 0.3 is 1.43 Å². The lowest BCUT2D eigenvalue weighted by atomic mass is 10.1. The van der Waals surface area contributed by atoms with Crippen molar-refractivity contribution in [3.63, 3.8) is 0 Å². The lowest BCUT2D eigenvalue weighted by Crippen LogP contribution is -2.50. The zero-order valence-electron chi connectivity index (χ0n) is 43.5. The second-order valence-electron chi connectivity index (χ2n) is 17.9. The normalized spacial score (nSPS) is 12.1. The van der Waals surface area contributed by atoms with Crippen LogP contribution in [0.4, 0.5) is 0 Å². The van der Waals surface area contributed by atoms with Crippen LogP contribution in [0.15, 0.2) is 0 Å². The number of quaternary nitrogens is 3. The van der Waals surface area contributed by atoms with Crippen LogP contribution in [0.1, 0.15) is 246 Å². The predicted molar refractivity (Wildman–Crippen MR) is 262 cm³/mol. The summed E-state index contributed by atoms with van der Waals surface area (Å²) in [6, 6.07) is 0. The third-order valence-electron chi connectivity index (χ3n) is 12.0. The lowest BCUT2D eigenvalue weighted by Gasteiger charge is -2.39. The molecule has 61 heavy (non-hydrogen) atoms. The fraction of sp³-hybridized carbons (Fsp3) is 1.00. The standard InChI is InChI=1S/3C16H36N.CH4.H4O7P2/c3*1-5-9-13-17(14-10-6-2,15-11-7-3)16-12-8-4;;1-8(2,3)7-9(4,5)6/h3*5-16H2,1-4H3;1H4;(H2,1,2,3)(H2,4,5,6)/q3*+1;;/p-3. The average Bonchev–Trinajstić information content (AvgIpc) is 3.21. The second kappa shape index (κ2) is 46.7. The van der Waals surface area contributed by atoms with Gasteiger partial charge in [-0.2, -0.15) is 0 Å². The molecule has 0 aromatic heterocycles. The van der Waals surface area contributed by atoms with Crippen molar-refractivity contribution in [1.82, 2.24) is 0 Å². The maximum atomic E-state index is 9.32. The first-order chi connectivity index (χ1) is 28.4. The number of phosphoric acid groups is 2. The molecule has 0 aromatic carbocycles. The molecule has 0 saturated carbocycles. The van der Waals surface area contributed by atoms with E-state index in [1.165, 1.54) is 246 Å². The Morgan fingerprint density at radius 3 is 0.443 bits per heavy atom. The van der Waals surface area contributed by atoms with Crippen molar-refractivity contribution < 1.29 is 47.9 Å². The highest BCUT2D eigenvalue weighted by atomic mass is 31.3. The lowest BCUT2D eigenvalue weighted by molar-refractivity contribution is -0.929. The van der Waals surface area contributed by atoms with Gasteiger partial charge in [-0.05, 0) is 77.0 Å². The Morgan fingerprint density at radius 1 is 0.295 bits per heavy atom. The minimum Gasteiger partial charge on any atom is -0.790 e. The van der Waals surface area contributed by atoms with Crippen molar-refractivity contribution >= 4 is 15.6 Å². The number of hydrogen-bond acceptors (Lipinski definition) is 7. The predicted octanol–water partition coefficient (Wildman–Crippen LogP) is 12.4. The molecular formula is C49H113N3O7P2. The Hall–Kier alpha value is 0.140. The van der Waals surface area contributed by atoms with Crippen LogP contribution in [-0.2, 0) is 13.4 Å². The molecule has 0 spiro atoms. The molecule has 0 heterocycles. The first-order valence-corrected chi connectivity index (χ1v) is 28.7. The number of unbranched alkanes of at least 4 members (excludes halogenated alkanes) is 12. The van der Waals surface area contributed by atoms with E-state index in [9.17, 15) is 28.7 Å². The fourth-order valence-corrected chi connectivity index (χ4v) is 9.04. The van der Waals surface area contributed by atoms with Crippen LogP contribution >= 0.6 is 15.6 Å². The Kier molecular flexibility index (Phi) is 53.7. The Labute approximate surface area is 385 Å². The number of hydrogen-bond donors (Lipinski definition) is 0. The van der Waals surface area contributed by atoms with Crippen LogP contribution in [-0.4, -0.2) is 92.0 Å². The zero-order valence-corrected chi connectivity index (χ0v) is 44.3. The van der Waals surface area contributed by atoms with Crippen LogP contribution in [0.2, 0.25) is 0 Å². The molecule has 0 unspecified atom stereocenters. The highest BCUT2D eigenvalue weighted by Crippen LogP contribution is 2.42. The maximum absolute atomic E-state index is 9.32. The molecule has 0 saturated heterocycles. The highest BCUT2D eigenvalue weighted by molar-refractivity contribution is 7.57. The van der Waals surface area contributed by atoms with Gasteiger partial charge < -0.3 is 46.5 Å². The smallest absolute Gasteiger partial charge is 0.790 e. The number of nitrogens with zero attached hydrogens (tertiary/aromatic N) is 3. The highest BCUT2D eigenvalue weighted by Gasteiger charge is 2.27. The zero-order chi connectivity index (χ0) is 46.7. The van der Waals surface area contributed by atoms with E-state index in [1.54, 1.807) is 0 Å². The molecule has 0 aromatic rings. The summed E-state index contributed by atoms with van der Waals surface area (Å²) in [5.74, 6) is 0. The summed E-state index contributed by atoms with van der Waals surface area (Å²) >= 11 is 0. The maximum Gasteiger partial charge on any atom is 1.00 e. The molecule has 0 amide bonds. The van der Waals surface area contributed by atoms with Crippen molar-refractivity contribution in [2.75, 3.05) is 78.5 Å². The summed E-state index contributed by atoms with van der Waals surface area (Å²) in [5, 5.41) is 0. The van der Waals surface area contributed by atoms with Gasteiger partial charge in [0.25, 0.3) is 0 Å². The SMILES string of the molecule is C.CCCC[N+](CCCC)(CCCC)CCCC.CCCC[N+](CCCC)(CCCC)CCCC.CCCC[N+](CCCC)(CCCC)CCCC.O=P([O-])([O-])OP(=O)([O-])[O-].[H+]. The summed E-state index contributed by atoms with van der Waals surface area (Å²) in [7, 11) is -11.4. The van der Waals surface area contributed by atoms with E-state index in [0.717, 1.165) is 0 Å². The molecule has 376 valence electrons. The van der Waals surface area contributed by atoms with Crippen molar-refractivity contribution in [2.45, 2.75) is 245 Å². The van der Waals surface area contributed by atoms with Gasteiger partial charge in [-0.15, -0.1) is 0 Å². The third-order valence-corrected chi connectivity index (χ3v) is 13.6. The van der Waals surface area contributed by atoms with Gasteiger partial charge in [-0.25, -0.2) is 0 Å². The molecule has 0 aliphatic rings. The monoisotopic (exact) mass is 918 g/mol. The van der Waals surface area contributed by atoms with Crippen molar-refractivity contribution in [1.29, 1.82) is 0 Å². The minimum atomic E-state index is -5.68. The molecule has 0 aliphatic carbocycles. The van der Waals surface area contributed by atoms with E-state index in [4.69, 9.17) is 0 Å². The van der Waals surface area contributed by atoms with Gasteiger partial charge in [0.1, 0.15) is 0 Å². The average molecular weight is 918 g/mol. The van der Waals surface area contributed by atoms with E-state index in [-0.39, 0.29) is 8.85 Å². The van der Waals surface area contributed by atoms with Crippen LogP contribution in [0, 0.1) is 0 Å². The summed E-state index contributed by atoms with van der Waals surface area (Å²) < 4.78 is 25.4. The molecular weight excluding hydrogens is 805 g/mol. The van der Waals surface area contributed by atoms with Crippen molar-refractivity contribution in [3.05, 3.63) is 0 Å². The summed E-state index contributed by atoms with van der Waals surface area (Å²) in [5.41, 5.74) is 0. The molecule has 0 rings (SSSR count).